The van der Waals surface area contributed by atoms with Crippen LogP contribution >= 0.6 is 0 Å². The minimum Gasteiger partial charge on any atom is -0.472 e. The van der Waals surface area contributed by atoms with Crippen LogP contribution in [-0.2, 0) is 0 Å². The van der Waals surface area contributed by atoms with Crippen LogP contribution in [-0.4, -0.2) is 22.9 Å². The quantitative estimate of drug-likeness (QED) is 0.796. The zero-order chi connectivity index (χ0) is 10.9. The number of hydrogen-bond donors (Lipinski definition) is 2. The van der Waals surface area contributed by atoms with Gasteiger partial charge in [0, 0.05) is 17.6 Å². The first kappa shape index (κ1) is 10.5. The third-order valence-corrected chi connectivity index (χ3v) is 3.36. The average Bonchev–Trinajstić information content (AvgIpc) is 2.78. The molecule has 0 aromatic carbocycles. The lowest BCUT2D eigenvalue weighted by atomic mass is 9.76. The Bertz CT molecular complexity index is 353. The Hall–Kier alpha value is -1.06. The molecule has 0 fully saturated rings. The molecule has 82 valence electrons. The van der Waals surface area contributed by atoms with Crippen molar-refractivity contribution in [1.82, 2.24) is 0 Å². The summed E-state index contributed by atoms with van der Waals surface area (Å²) in [5.74, 6) is 0. The van der Waals surface area contributed by atoms with Gasteiger partial charge in [0.2, 0.25) is 0 Å². The van der Waals surface area contributed by atoms with E-state index in [9.17, 15) is 5.11 Å². The van der Waals surface area contributed by atoms with Gasteiger partial charge in [0.15, 0.2) is 0 Å². The molecule has 0 amide bonds. The maximum Gasteiger partial charge on any atom is 0.0977 e. The van der Waals surface area contributed by atoms with Crippen LogP contribution in [0.2, 0.25) is 0 Å². The van der Waals surface area contributed by atoms with Crippen LogP contribution in [0.25, 0.3) is 5.57 Å². The molecule has 0 spiro atoms. The van der Waals surface area contributed by atoms with E-state index in [1.165, 1.54) is 0 Å². The Morgan fingerprint density at radius 1 is 1.60 bits per heavy atom. The van der Waals surface area contributed by atoms with Gasteiger partial charge in [0.1, 0.15) is 0 Å². The topological polar surface area (TPSA) is 53.6 Å². The highest BCUT2D eigenvalue weighted by Crippen LogP contribution is 2.47. The fourth-order valence-corrected chi connectivity index (χ4v) is 2.30. The zero-order valence-corrected chi connectivity index (χ0v) is 8.81. The summed E-state index contributed by atoms with van der Waals surface area (Å²) >= 11 is 0. The van der Waals surface area contributed by atoms with Crippen molar-refractivity contribution < 1.29 is 14.6 Å². The van der Waals surface area contributed by atoms with E-state index in [0.717, 1.165) is 11.1 Å². The van der Waals surface area contributed by atoms with Crippen molar-refractivity contribution in [3.8, 4) is 0 Å². The van der Waals surface area contributed by atoms with Crippen molar-refractivity contribution in [2.24, 2.45) is 5.41 Å². The van der Waals surface area contributed by atoms with Crippen LogP contribution in [0.1, 0.15) is 25.3 Å². The second-order valence-corrected chi connectivity index (χ2v) is 4.27. The molecular weight excluding hydrogens is 192 g/mol. The third-order valence-electron chi connectivity index (χ3n) is 3.36. The number of hydrogen-bond acceptors (Lipinski definition) is 3. The standard InChI is InChI=1S/C12H16O3/c1-12(5-6-13)10(2-3-11(12)14)9-4-7-15-8-9/h2,4,7-8,11,13-14H,3,5-6H2,1H3/t11-,12+/m0/s1. The van der Waals surface area contributed by atoms with Gasteiger partial charge in [-0.05, 0) is 24.5 Å². The minimum atomic E-state index is -0.408. The summed E-state index contributed by atoms with van der Waals surface area (Å²) in [4.78, 5) is 0. The Morgan fingerprint density at radius 3 is 3.00 bits per heavy atom. The van der Waals surface area contributed by atoms with E-state index in [1.54, 1.807) is 12.5 Å². The number of furan rings is 1. The first-order chi connectivity index (χ1) is 7.18. The van der Waals surface area contributed by atoms with Gasteiger partial charge in [-0.1, -0.05) is 13.0 Å². The molecule has 3 nitrogen and oxygen atoms in total. The van der Waals surface area contributed by atoms with Gasteiger partial charge in [-0.15, -0.1) is 0 Å². The van der Waals surface area contributed by atoms with Crippen molar-refractivity contribution in [3.05, 3.63) is 30.2 Å². The van der Waals surface area contributed by atoms with Gasteiger partial charge in [-0.3, -0.25) is 0 Å². The fraction of sp³-hybridized carbons (Fsp3) is 0.500. The maximum absolute atomic E-state index is 9.95. The molecule has 1 aliphatic carbocycles. The first-order valence-corrected chi connectivity index (χ1v) is 5.20. The van der Waals surface area contributed by atoms with Gasteiger partial charge in [-0.25, -0.2) is 0 Å². The summed E-state index contributed by atoms with van der Waals surface area (Å²) in [6, 6.07) is 1.89. The van der Waals surface area contributed by atoms with Crippen LogP contribution in [0.3, 0.4) is 0 Å². The molecule has 0 saturated heterocycles. The van der Waals surface area contributed by atoms with E-state index >= 15 is 0 Å². The fourth-order valence-electron chi connectivity index (χ4n) is 2.30. The summed E-state index contributed by atoms with van der Waals surface area (Å²) in [6.07, 6.45) is 6.15. The van der Waals surface area contributed by atoms with E-state index < -0.39 is 6.10 Å². The Kier molecular flexibility index (Phi) is 2.67. The molecule has 1 aliphatic rings. The molecule has 0 unspecified atom stereocenters. The number of aliphatic hydroxyl groups is 2. The van der Waals surface area contributed by atoms with Crippen molar-refractivity contribution in [2.75, 3.05) is 6.61 Å². The van der Waals surface area contributed by atoms with E-state index in [0.29, 0.717) is 12.8 Å². The van der Waals surface area contributed by atoms with Crippen LogP contribution in [0.4, 0.5) is 0 Å². The molecule has 3 heteroatoms. The smallest absolute Gasteiger partial charge is 0.0977 e. The summed E-state index contributed by atoms with van der Waals surface area (Å²) in [7, 11) is 0. The average molecular weight is 208 g/mol. The molecule has 0 aliphatic heterocycles. The van der Waals surface area contributed by atoms with Crippen molar-refractivity contribution in [1.29, 1.82) is 0 Å². The molecule has 2 atom stereocenters. The van der Waals surface area contributed by atoms with E-state index in [-0.39, 0.29) is 12.0 Å². The normalized spacial score (nSPS) is 30.6. The molecule has 0 radical (unpaired) electrons. The number of rotatable bonds is 3. The van der Waals surface area contributed by atoms with Crippen LogP contribution in [0.5, 0.6) is 0 Å². The summed E-state index contributed by atoms with van der Waals surface area (Å²) < 4.78 is 5.05. The molecule has 2 rings (SSSR count). The van der Waals surface area contributed by atoms with E-state index in [4.69, 9.17) is 9.52 Å². The summed E-state index contributed by atoms with van der Waals surface area (Å²) in [5, 5.41) is 19.0. The van der Waals surface area contributed by atoms with Crippen molar-refractivity contribution >= 4 is 5.57 Å². The molecular formula is C12H16O3. The van der Waals surface area contributed by atoms with Gasteiger partial charge in [-0.2, -0.15) is 0 Å². The monoisotopic (exact) mass is 208 g/mol. The summed E-state index contributed by atoms with van der Waals surface area (Å²) in [6.45, 7) is 2.07. The third kappa shape index (κ3) is 1.62. The molecule has 1 aromatic rings. The lowest BCUT2D eigenvalue weighted by Gasteiger charge is -2.31. The predicted molar refractivity (Wildman–Crippen MR) is 57.1 cm³/mol. The van der Waals surface area contributed by atoms with Crippen LogP contribution < -0.4 is 0 Å². The Labute approximate surface area is 89.0 Å². The Balaban J connectivity index is 2.32. The van der Waals surface area contributed by atoms with Gasteiger partial charge < -0.3 is 14.6 Å². The van der Waals surface area contributed by atoms with Gasteiger partial charge >= 0.3 is 0 Å². The predicted octanol–water partition coefficient (Wildman–Crippen LogP) is 1.82. The molecule has 15 heavy (non-hydrogen) atoms. The van der Waals surface area contributed by atoms with Crippen LogP contribution in [0.15, 0.2) is 29.1 Å². The summed E-state index contributed by atoms with van der Waals surface area (Å²) in [5.41, 5.74) is 1.74. The minimum absolute atomic E-state index is 0.0861. The second kappa shape index (κ2) is 3.83. The van der Waals surface area contributed by atoms with Crippen LogP contribution in [0, 0.1) is 5.41 Å². The zero-order valence-electron chi connectivity index (χ0n) is 8.81. The highest BCUT2D eigenvalue weighted by molar-refractivity contribution is 5.72. The van der Waals surface area contributed by atoms with Gasteiger partial charge in [0.25, 0.3) is 0 Å². The molecule has 0 bridgehead atoms. The van der Waals surface area contributed by atoms with Crippen molar-refractivity contribution in [3.63, 3.8) is 0 Å². The molecule has 1 aromatic heterocycles. The molecule has 2 N–H and O–H groups in total. The van der Waals surface area contributed by atoms with Crippen molar-refractivity contribution in [2.45, 2.75) is 25.9 Å². The lowest BCUT2D eigenvalue weighted by molar-refractivity contribution is 0.0703. The highest BCUT2D eigenvalue weighted by Gasteiger charge is 2.40. The van der Waals surface area contributed by atoms with E-state index in [1.807, 2.05) is 19.1 Å². The highest BCUT2D eigenvalue weighted by atomic mass is 16.3. The largest absolute Gasteiger partial charge is 0.472 e. The molecule has 1 heterocycles. The van der Waals surface area contributed by atoms with E-state index in [2.05, 4.69) is 0 Å². The molecule has 0 saturated carbocycles. The SMILES string of the molecule is C[C@@]1(CCO)C(c2ccoc2)=CC[C@@H]1O. The first-order valence-electron chi connectivity index (χ1n) is 5.20. The Morgan fingerprint density at radius 2 is 2.40 bits per heavy atom. The second-order valence-electron chi connectivity index (χ2n) is 4.27. The maximum atomic E-state index is 9.95. The van der Waals surface area contributed by atoms with Gasteiger partial charge in [0.05, 0.1) is 18.6 Å². The number of aliphatic hydroxyl groups excluding tert-OH is 2. The lowest BCUT2D eigenvalue weighted by Crippen LogP contribution is -2.30.